The van der Waals surface area contributed by atoms with Crippen LogP contribution in [0.5, 0.6) is 0 Å². The molecule has 0 rings (SSSR count). The number of hydrogen-bond acceptors (Lipinski definition) is 7. The van der Waals surface area contributed by atoms with Crippen LogP contribution in [-0.4, -0.2) is 48.2 Å². The first-order chi connectivity index (χ1) is 11.3. The number of carbonyl (C=O) groups excluding carboxylic acids is 4. The van der Waals surface area contributed by atoms with Crippen LogP contribution >= 0.6 is 0 Å². The van der Waals surface area contributed by atoms with Gasteiger partial charge in [-0.2, -0.15) is 0 Å². The number of rotatable bonds is 8. The van der Waals surface area contributed by atoms with Crippen LogP contribution in [0.25, 0.3) is 0 Å². The lowest BCUT2D eigenvalue weighted by Gasteiger charge is -2.27. The zero-order valence-corrected chi connectivity index (χ0v) is 16.0. The normalized spacial score (nSPS) is 13.0. The molecule has 1 atom stereocenters. The van der Waals surface area contributed by atoms with Gasteiger partial charge in [0.2, 0.25) is 6.41 Å². The molecule has 0 radical (unpaired) electrons. The summed E-state index contributed by atoms with van der Waals surface area (Å²) in [6.45, 7) is 11.6. The van der Waals surface area contributed by atoms with Crippen molar-refractivity contribution in [3.63, 3.8) is 0 Å². The molecule has 0 heterocycles. The van der Waals surface area contributed by atoms with E-state index in [-0.39, 0.29) is 13.0 Å². The van der Waals surface area contributed by atoms with Gasteiger partial charge >= 0.3 is 17.9 Å². The van der Waals surface area contributed by atoms with Crippen LogP contribution in [0.4, 0.5) is 0 Å². The molecule has 1 N–H and O–H groups in total. The second-order valence-corrected chi connectivity index (χ2v) is 7.44. The van der Waals surface area contributed by atoms with Crippen molar-refractivity contribution in [3.05, 3.63) is 0 Å². The lowest BCUT2D eigenvalue weighted by atomic mass is 9.99. The van der Waals surface area contributed by atoms with Crippen molar-refractivity contribution < 1.29 is 33.4 Å². The first kappa shape index (κ1) is 22.9. The number of nitrogens with one attached hydrogen (secondary N) is 1. The Morgan fingerprint density at radius 3 is 1.68 bits per heavy atom. The maximum Gasteiger partial charge on any atom is 0.328 e. The molecule has 0 saturated carbocycles. The lowest BCUT2D eigenvalue weighted by Crippen LogP contribution is -2.44. The average Bonchev–Trinajstić information content (AvgIpc) is 2.39. The van der Waals surface area contributed by atoms with E-state index in [0.717, 1.165) is 0 Å². The second-order valence-electron chi connectivity index (χ2n) is 7.44. The monoisotopic (exact) mass is 359 g/mol. The van der Waals surface area contributed by atoms with Gasteiger partial charge in [0.05, 0.1) is 6.61 Å². The molecule has 8 nitrogen and oxygen atoms in total. The number of hydrogen-bond donors (Lipinski definition) is 1. The van der Waals surface area contributed by atoms with Gasteiger partial charge < -0.3 is 19.5 Å². The van der Waals surface area contributed by atoms with E-state index in [0.29, 0.717) is 6.41 Å². The summed E-state index contributed by atoms with van der Waals surface area (Å²) in [5.74, 6) is -3.78. The Morgan fingerprint density at radius 2 is 1.36 bits per heavy atom. The molecule has 0 spiro atoms. The predicted octanol–water partition coefficient (Wildman–Crippen LogP) is 1.35. The highest BCUT2D eigenvalue weighted by molar-refractivity contribution is 5.96. The van der Waals surface area contributed by atoms with Gasteiger partial charge in [-0.3, -0.25) is 14.4 Å². The molecule has 0 aliphatic carbocycles. The summed E-state index contributed by atoms with van der Waals surface area (Å²) in [6, 6.07) is -1.16. The Labute approximate surface area is 148 Å². The Morgan fingerprint density at radius 1 is 0.920 bits per heavy atom. The Balaban J connectivity index is 5.46. The number of esters is 3. The van der Waals surface area contributed by atoms with E-state index >= 15 is 0 Å². The molecule has 8 heteroatoms. The topological polar surface area (TPSA) is 108 Å². The highest BCUT2D eigenvalue weighted by Crippen LogP contribution is 2.20. The summed E-state index contributed by atoms with van der Waals surface area (Å²) < 4.78 is 15.3. The van der Waals surface area contributed by atoms with Gasteiger partial charge in [-0.05, 0) is 48.5 Å². The first-order valence-corrected chi connectivity index (χ1v) is 8.12. The van der Waals surface area contributed by atoms with Gasteiger partial charge in [-0.1, -0.05) is 0 Å². The minimum absolute atomic E-state index is 0.0966. The van der Waals surface area contributed by atoms with Gasteiger partial charge in [0.25, 0.3) is 0 Å². The van der Waals surface area contributed by atoms with E-state index in [1.54, 1.807) is 48.5 Å². The molecule has 0 aromatic heterocycles. The Kier molecular flexibility index (Phi) is 8.59. The maximum absolute atomic E-state index is 12.4. The van der Waals surface area contributed by atoms with Crippen molar-refractivity contribution in [2.75, 3.05) is 6.61 Å². The molecule has 144 valence electrons. The fourth-order valence-corrected chi connectivity index (χ4v) is 1.83. The molecule has 0 unspecified atom stereocenters. The predicted molar refractivity (Wildman–Crippen MR) is 89.4 cm³/mol. The molecule has 0 aliphatic heterocycles. The SMILES string of the molecule is CCOC(=O)[C@H](CC(C(=O)OC(C)(C)C)C(=O)OC(C)(C)C)NC=O. The van der Waals surface area contributed by atoms with Crippen molar-refractivity contribution >= 4 is 24.3 Å². The molecule has 0 aromatic carbocycles. The summed E-state index contributed by atoms with van der Waals surface area (Å²) in [5.41, 5.74) is -1.65. The lowest BCUT2D eigenvalue weighted by molar-refractivity contribution is -0.175. The molecule has 0 bridgehead atoms. The van der Waals surface area contributed by atoms with Crippen LogP contribution in [0, 0.1) is 5.92 Å². The van der Waals surface area contributed by atoms with Gasteiger partial charge in [-0.15, -0.1) is 0 Å². The van der Waals surface area contributed by atoms with Crippen molar-refractivity contribution in [1.29, 1.82) is 0 Å². The number of amides is 1. The zero-order chi connectivity index (χ0) is 19.8. The van der Waals surface area contributed by atoms with Gasteiger partial charge in [-0.25, -0.2) is 4.79 Å². The van der Waals surface area contributed by atoms with Crippen molar-refractivity contribution in [1.82, 2.24) is 5.32 Å². The van der Waals surface area contributed by atoms with Crippen LogP contribution in [-0.2, 0) is 33.4 Å². The van der Waals surface area contributed by atoms with Crippen LogP contribution < -0.4 is 5.32 Å². The second kappa shape index (κ2) is 9.39. The van der Waals surface area contributed by atoms with Crippen molar-refractivity contribution in [3.8, 4) is 0 Å². The first-order valence-electron chi connectivity index (χ1n) is 8.12. The number of carbonyl (C=O) groups is 4. The number of ether oxygens (including phenoxy) is 3. The van der Waals surface area contributed by atoms with Gasteiger partial charge in [0, 0.05) is 6.42 Å². The molecule has 25 heavy (non-hydrogen) atoms. The summed E-state index contributed by atoms with van der Waals surface area (Å²) in [7, 11) is 0. The highest BCUT2D eigenvalue weighted by atomic mass is 16.6. The molecule has 0 aromatic rings. The van der Waals surface area contributed by atoms with E-state index in [9.17, 15) is 19.2 Å². The standard InChI is InChI=1S/C17H29NO7/c1-8-23-15(22)12(18-10-19)9-11(13(20)24-16(2,3)4)14(21)25-17(5,6)7/h10-12H,8-9H2,1-7H3,(H,18,19)/t12-/m0/s1. The van der Waals surface area contributed by atoms with Gasteiger partial charge in [0.1, 0.15) is 17.2 Å². The summed E-state index contributed by atoms with van der Waals surface area (Å²) >= 11 is 0. The average molecular weight is 359 g/mol. The summed E-state index contributed by atoms with van der Waals surface area (Å²) in [5, 5.41) is 2.26. The van der Waals surface area contributed by atoms with Crippen LogP contribution in [0.15, 0.2) is 0 Å². The molecule has 0 aliphatic rings. The van der Waals surface area contributed by atoms with Gasteiger partial charge in [0.15, 0.2) is 5.92 Å². The van der Waals surface area contributed by atoms with E-state index in [1.807, 2.05) is 0 Å². The molecular weight excluding hydrogens is 330 g/mol. The minimum Gasteiger partial charge on any atom is -0.464 e. The van der Waals surface area contributed by atoms with E-state index < -0.39 is 41.1 Å². The van der Waals surface area contributed by atoms with E-state index in [4.69, 9.17) is 14.2 Å². The molecule has 1 amide bonds. The fraction of sp³-hybridized carbons (Fsp3) is 0.765. The molecular formula is C17H29NO7. The van der Waals surface area contributed by atoms with Crippen molar-refractivity contribution in [2.45, 2.75) is 72.1 Å². The quantitative estimate of drug-likeness (QED) is 0.302. The molecule has 0 saturated heterocycles. The van der Waals surface area contributed by atoms with Crippen LogP contribution in [0.1, 0.15) is 54.9 Å². The van der Waals surface area contributed by atoms with E-state index in [1.165, 1.54) is 0 Å². The fourth-order valence-electron chi connectivity index (χ4n) is 1.83. The molecule has 0 fully saturated rings. The van der Waals surface area contributed by atoms with Crippen molar-refractivity contribution in [2.24, 2.45) is 5.92 Å². The zero-order valence-electron chi connectivity index (χ0n) is 16.0. The van der Waals surface area contributed by atoms with E-state index in [2.05, 4.69) is 5.32 Å². The Bertz CT molecular complexity index is 460. The smallest absolute Gasteiger partial charge is 0.328 e. The van der Waals surface area contributed by atoms with Crippen LogP contribution in [0.2, 0.25) is 0 Å². The maximum atomic E-state index is 12.4. The third-order valence-electron chi connectivity index (χ3n) is 2.69. The largest absolute Gasteiger partial charge is 0.464 e. The summed E-state index contributed by atoms with van der Waals surface area (Å²) in [6.07, 6.45) is -0.00969. The van der Waals surface area contributed by atoms with Crippen LogP contribution in [0.3, 0.4) is 0 Å². The highest BCUT2D eigenvalue weighted by Gasteiger charge is 2.38. The Hall–Kier alpha value is -2.12. The third-order valence-corrected chi connectivity index (χ3v) is 2.69. The third kappa shape index (κ3) is 9.69. The summed E-state index contributed by atoms with van der Waals surface area (Å²) in [4.78, 5) is 47.5. The minimum atomic E-state index is -1.37.